The molecule has 0 aromatic carbocycles. The van der Waals surface area contributed by atoms with Crippen LogP contribution in [-0.4, -0.2) is 59.2 Å². The van der Waals surface area contributed by atoms with Crippen molar-refractivity contribution in [1.29, 1.82) is 0 Å². The highest BCUT2D eigenvalue weighted by Crippen LogP contribution is 2.25. The number of rotatable bonds is 5. The van der Waals surface area contributed by atoms with Crippen molar-refractivity contribution >= 4 is 27.6 Å². The standard InChI is InChI=1S/C12H12N2O6S/c1-21(19,20)5-3-9(12(17)18)14-10(15)7-2-4-13-6-8(7)11(14)16/h2,4,6,9H,3,5H2,1H3,(H,17,18). The summed E-state index contributed by atoms with van der Waals surface area (Å²) in [6, 6.07) is -0.197. The molecule has 0 saturated carbocycles. The van der Waals surface area contributed by atoms with Gasteiger partial charge in [-0.3, -0.25) is 19.5 Å². The van der Waals surface area contributed by atoms with Crippen LogP contribution in [-0.2, 0) is 14.6 Å². The van der Waals surface area contributed by atoms with Crippen molar-refractivity contribution in [1.82, 2.24) is 9.88 Å². The molecule has 112 valence electrons. The smallest absolute Gasteiger partial charge is 0.326 e. The monoisotopic (exact) mass is 312 g/mol. The zero-order valence-corrected chi connectivity index (χ0v) is 11.8. The molecule has 2 heterocycles. The third kappa shape index (κ3) is 2.92. The highest BCUT2D eigenvalue weighted by molar-refractivity contribution is 7.90. The van der Waals surface area contributed by atoms with E-state index in [4.69, 9.17) is 0 Å². The van der Waals surface area contributed by atoms with E-state index < -0.39 is 39.4 Å². The Kier molecular flexibility index (Phi) is 3.77. The van der Waals surface area contributed by atoms with Gasteiger partial charge in [-0.05, 0) is 12.5 Å². The molecule has 0 spiro atoms. The summed E-state index contributed by atoms with van der Waals surface area (Å²) in [4.78, 5) is 39.9. The van der Waals surface area contributed by atoms with Gasteiger partial charge in [-0.2, -0.15) is 0 Å². The Labute approximate surface area is 120 Å². The first kappa shape index (κ1) is 15.1. The Bertz CT molecular complexity index is 692. The predicted molar refractivity (Wildman–Crippen MR) is 70.5 cm³/mol. The van der Waals surface area contributed by atoms with Crippen molar-refractivity contribution < 1.29 is 27.9 Å². The number of imide groups is 1. The van der Waals surface area contributed by atoms with Gasteiger partial charge in [-0.15, -0.1) is 0 Å². The maximum atomic E-state index is 12.1. The van der Waals surface area contributed by atoms with Gasteiger partial charge >= 0.3 is 5.97 Å². The molecule has 9 heteroatoms. The molecule has 1 aromatic rings. The number of carboxylic acid groups (broad SMARTS) is 1. The van der Waals surface area contributed by atoms with E-state index in [-0.39, 0.29) is 17.5 Å². The topological polar surface area (TPSA) is 122 Å². The number of nitrogens with zero attached hydrogens (tertiary/aromatic N) is 2. The molecular weight excluding hydrogens is 300 g/mol. The Morgan fingerprint density at radius 1 is 1.33 bits per heavy atom. The molecular formula is C12H12N2O6S. The first-order chi connectivity index (χ1) is 9.72. The van der Waals surface area contributed by atoms with E-state index in [1.807, 2.05) is 0 Å². The summed E-state index contributed by atoms with van der Waals surface area (Å²) in [5.41, 5.74) is 0.0914. The lowest BCUT2D eigenvalue weighted by atomic mass is 10.2. The minimum absolute atomic E-state index is 0.0214. The van der Waals surface area contributed by atoms with E-state index in [1.165, 1.54) is 18.5 Å². The lowest BCUT2D eigenvalue weighted by molar-refractivity contribution is -0.141. The van der Waals surface area contributed by atoms with Crippen LogP contribution in [0.5, 0.6) is 0 Å². The van der Waals surface area contributed by atoms with E-state index >= 15 is 0 Å². The van der Waals surface area contributed by atoms with Gasteiger partial charge in [0.15, 0.2) is 0 Å². The second-order valence-electron chi connectivity index (χ2n) is 4.67. The quantitative estimate of drug-likeness (QED) is 0.732. The first-order valence-electron chi connectivity index (χ1n) is 5.95. The van der Waals surface area contributed by atoms with Crippen LogP contribution in [0.25, 0.3) is 0 Å². The van der Waals surface area contributed by atoms with Gasteiger partial charge in [0, 0.05) is 18.6 Å². The molecule has 0 saturated heterocycles. The molecule has 2 amide bonds. The summed E-state index contributed by atoms with van der Waals surface area (Å²) < 4.78 is 22.3. The van der Waals surface area contributed by atoms with E-state index in [2.05, 4.69) is 4.98 Å². The minimum Gasteiger partial charge on any atom is -0.480 e. The fourth-order valence-corrected chi connectivity index (χ4v) is 2.73. The molecule has 1 aromatic heterocycles. The largest absolute Gasteiger partial charge is 0.480 e. The summed E-state index contributed by atoms with van der Waals surface area (Å²) in [5.74, 6) is -3.39. The second kappa shape index (κ2) is 5.24. The zero-order valence-electron chi connectivity index (χ0n) is 11.0. The van der Waals surface area contributed by atoms with Crippen molar-refractivity contribution in [2.45, 2.75) is 12.5 Å². The van der Waals surface area contributed by atoms with Gasteiger partial charge in [0.2, 0.25) is 0 Å². The SMILES string of the molecule is CS(=O)(=O)CCC(C(=O)O)N1C(=O)c2ccncc2C1=O. The molecule has 1 N–H and O–H groups in total. The van der Waals surface area contributed by atoms with Crippen LogP contribution in [0.3, 0.4) is 0 Å². The number of aliphatic carboxylic acids is 1. The van der Waals surface area contributed by atoms with Gasteiger partial charge in [0.1, 0.15) is 15.9 Å². The van der Waals surface area contributed by atoms with Crippen LogP contribution in [0.4, 0.5) is 0 Å². The summed E-state index contributed by atoms with van der Waals surface area (Å²) in [6.45, 7) is 0. The second-order valence-corrected chi connectivity index (χ2v) is 6.93. The van der Waals surface area contributed by atoms with E-state index in [0.717, 1.165) is 6.26 Å². The minimum atomic E-state index is -3.41. The number of carbonyl (C=O) groups excluding carboxylic acids is 2. The Morgan fingerprint density at radius 3 is 2.48 bits per heavy atom. The summed E-state index contributed by atoms with van der Waals surface area (Å²) in [6.07, 6.45) is 3.11. The predicted octanol–water partition coefficient (Wildman–Crippen LogP) is -0.434. The Hall–Kier alpha value is -2.29. The summed E-state index contributed by atoms with van der Waals surface area (Å²) >= 11 is 0. The lowest BCUT2D eigenvalue weighted by Gasteiger charge is -2.22. The number of sulfone groups is 1. The van der Waals surface area contributed by atoms with Crippen LogP contribution in [0.2, 0.25) is 0 Å². The van der Waals surface area contributed by atoms with Crippen molar-refractivity contribution in [2.24, 2.45) is 0 Å². The van der Waals surface area contributed by atoms with Crippen LogP contribution >= 0.6 is 0 Å². The summed E-state index contributed by atoms with van der Waals surface area (Å²) in [5, 5.41) is 9.19. The molecule has 2 rings (SSSR count). The molecule has 1 aliphatic heterocycles. The van der Waals surface area contributed by atoms with Crippen molar-refractivity contribution in [3.63, 3.8) is 0 Å². The number of hydrogen-bond acceptors (Lipinski definition) is 6. The van der Waals surface area contributed by atoms with Gasteiger partial charge in [-0.25, -0.2) is 13.2 Å². The molecule has 1 aliphatic rings. The maximum absolute atomic E-state index is 12.1. The molecule has 0 radical (unpaired) electrons. The van der Waals surface area contributed by atoms with Crippen molar-refractivity contribution in [3.8, 4) is 0 Å². The molecule has 21 heavy (non-hydrogen) atoms. The van der Waals surface area contributed by atoms with E-state index in [9.17, 15) is 27.9 Å². The Balaban J connectivity index is 2.33. The fourth-order valence-electron chi connectivity index (χ4n) is 2.07. The van der Waals surface area contributed by atoms with Crippen LogP contribution in [0, 0.1) is 0 Å². The Morgan fingerprint density at radius 2 is 1.95 bits per heavy atom. The average molecular weight is 312 g/mol. The lowest BCUT2D eigenvalue weighted by Crippen LogP contribution is -2.45. The molecule has 8 nitrogen and oxygen atoms in total. The third-order valence-electron chi connectivity index (χ3n) is 3.08. The number of fused-ring (bicyclic) bond motifs is 1. The fraction of sp³-hybridized carbons (Fsp3) is 0.333. The van der Waals surface area contributed by atoms with Crippen molar-refractivity contribution in [2.75, 3.05) is 12.0 Å². The molecule has 1 atom stereocenters. The summed E-state index contributed by atoms with van der Waals surface area (Å²) in [7, 11) is -3.41. The molecule has 1 unspecified atom stereocenters. The average Bonchev–Trinajstić information content (AvgIpc) is 2.63. The molecule has 0 bridgehead atoms. The number of aromatic nitrogens is 1. The van der Waals surface area contributed by atoms with Crippen LogP contribution in [0.15, 0.2) is 18.5 Å². The van der Waals surface area contributed by atoms with Gasteiger partial charge in [-0.1, -0.05) is 0 Å². The van der Waals surface area contributed by atoms with Gasteiger partial charge in [0.05, 0.1) is 16.9 Å². The van der Waals surface area contributed by atoms with Crippen LogP contribution < -0.4 is 0 Å². The van der Waals surface area contributed by atoms with Gasteiger partial charge < -0.3 is 5.11 Å². The van der Waals surface area contributed by atoms with E-state index in [0.29, 0.717) is 4.90 Å². The van der Waals surface area contributed by atoms with Crippen molar-refractivity contribution in [3.05, 3.63) is 29.6 Å². The third-order valence-corrected chi connectivity index (χ3v) is 4.06. The maximum Gasteiger partial charge on any atom is 0.326 e. The first-order valence-corrected chi connectivity index (χ1v) is 8.01. The number of carboxylic acids is 1. The van der Waals surface area contributed by atoms with Gasteiger partial charge in [0.25, 0.3) is 11.8 Å². The van der Waals surface area contributed by atoms with E-state index in [1.54, 1.807) is 0 Å². The zero-order chi connectivity index (χ0) is 15.8. The highest BCUT2D eigenvalue weighted by Gasteiger charge is 2.43. The number of hydrogen-bond donors (Lipinski definition) is 1. The number of carbonyl (C=O) groups is 3. The molecule has 0 fully saturated rings. The molecule has 0 aliphatic carbocycles. The number of pyridine rings is 1. The number of amides is 2. The van der Waals surface area contributed by atoms with Crippen LogP contribution in [0.1, 0.15) is 27.1 Å². The highest BCUT2D eigenvalue weighted by atomic mass is 32.2. The normalized spacial score (nSPS) is 16.0.